The molecule has 6 atom stereocenters. The fourth-order valence-electron chi connectivity index (χ4n) is 10.9. The number of phosphoric ester groups is 2. The maximum absolute atomic E-state index is 13.0. The molecule has 0 heterocycles. The van der Waals surface area contributed by atoms with Crippen molar-refractivity contribution < 1.29 is 80.2 Å². The van der Waals surface area contributed by atoms with E-state index in [0.29, 0.717) is 31.6 Å². The van der Waals surface area contributed by atoms with Crippen molar-refractivity contribution in [3.05, 3.63) is 0 Å². The summed E-state index contributed by atoms with van der Waals surface area (Å²) in [5.41, 5.74) is 0. The predicted molar refractivity (Wildman–Crippen MR) is 368 cm³/mol. The molecule has 0 aliphatic carbocycles. The third kappa shape index (κ3) is 65.1. The first-order valence-electron chi connectivity index (χ1n) is 37.5. The van der Waals surface area contributed by atoms with Gasteiger partial charge in [0.05, 0.1) is 26.4 Å². The first-order chi connectivity index (χ1) is 43.9. The Balaban J connectivity index is 5.18. The quantitative estimate of drug-likeness (QED) is 0.0222. The topological polar surface area (TPSA) is 237 Å². The summed E-state index contributed by atoms with van der Waals surface area (Å²) in [6, 6.07) is 0. The number of carbonyl (C=O) groups excluding carboxylic acids is 4. The molecule has 540 valence electrons. The van der Waals surface area contributed by atoms with Crippen molar-refractivity contribution in [2.24, 2.45) is 11.8 Å². The van der Waals surface area contributed by atoms with Crippen LogP contribution in [0.3, 0.4) is 0 Å². The van der Waals surface area contributed by atoms with Gasteiger partial charge in [-0.25, -0.2) is 9.13 Å². The van der Waals surface area contributed by atoms with E-state index in [2.05, 4.69) is 41.5 Å². The van der Waals surface area contributed by atoms with E-state index in [-0.39, 0.29) is 25.7 Å². The van der Waals surface area contributed by atoms with E-state index >= 15 is 0 Å². The third-order valence-electron chi connectivity index (χ3n) is 17.1. The van der Waals surface area contributed by atoms with Crippen molar-refractivity contribution in [1.29, 1.82) is 0 Å². The monoisotopic (exact) mass is 1340 g/mol. The maximum Gasteiger partial charge on any atom is 0.472 e. The zero-order chi connectivity index (χ0) is 67.2. The number of phosphoric acid groups is 2. The van der Waals surface area contributed by atoms with Crippen LogP contribution < -0.4 is 0 Å². The molecular weight excluding hydrogens is 1200 g/mol. The lowest BCUT2D eigenvalue weighted by Gasteiger charge is -2.21. The van der Waals surface area contributed by atoms with Crippen molar-refractivity contribution in [2.45, 2.75) is 387 Å². The van der Waals surface area contributed by atoms with E-state index in [1.54, 1.807) is 0 Å². The Morgan fingerprint density at radius 3 is 0.835 bits per heavy atom. The molecule has 3 N–H and O–H groups in total. The molecule has 3 unspecified atom stereocenters. The highest BCUT2D eigenvalue weighted by molar-refractivity contribution is 7.47. The summed E-state index contributed by atoms with van der Waals surface area (Å²) in [5.74, 6) is -0.668. The number of esters is 4. The van der Waals surface area contributed by atoms with Crippen molar-refractivity contribution >= 4 is 39.5 Å². The van der Waals surface area contributed by atoms with Crippen LogP contribution in [0, 0.1) is 11.8 Å². The van der Waals surface area contributed by atoms with Gasteiger partial charge in [0.1, 0.15) is 19.3 Å². The average Bonchev–Trinajstić information content (AvgIpc) is 2.99. The first-order valence-corrected chi connectivity index (χ1v) is 40.5. The molecule has 19 heteroatoms. The van der Waals surface area contributed by atoms with E-state index in [0.717, 1.165) is 102 Å². The summed E-state index contributed by atoms with van der Waals surface area (Å²) in [5, 5.41) is 10.6. The molecule has 0 aromatic heterocycles. The largest absolute Gasteiger partial charge is 0.472 e. The van der Waals surface area contributed by atoms with Gasteiger partial charge in [0.15, 0.2) is 12.2 Å². The van der Waals surface area contributed by atoms with E-state index in [4.69, 9.17) is 37.0 Å². The number of carbonyl (C=O) groups is 4. The van der Waals surface area contributed by atoms with Gasteiger partial charge in [-0.05, 0) is 37.5 Å². The van der Waals surface area contributed by atoms with Gasteiger partial charge < -0.3 is 33.8 Å². The minimum Gasteiger partial charge on any atom is -0.462 e. The summed E-state index contributed by atoms with van der Waals surface area (Å²) < 4.78 is 68.3. The van der Waals surface area contributed by atoms with Crippen molar-refractivity contribution in [3.8, 4) is 0 Å². The lowest BCUT2D eigenvalue weighted by atomic mass is 9.99. The zero-order valence-electron chi connectivity index (χ0n) is 59.1. The van der Waals surface area contributed by atoms with E-state index in [1.165, 1.54) is 180 Å². The molecule has 0 radical (unpaired) electrons. The second-order valence-electron chi connectivity index (χ2n) is 26.7. The minimum absolute atomic E-state index is 0.105. The van der Waals surface area contributed by atoms with Crippen LogP contribution >= 0.6 is 15.6 Å². The van der Waals surface area contributed by atoms with Crippen LogP contribution in [0.2, 0.25) is 0 Å². The number of unbranched alkanes of at least 4 members (excludes halogenated alkanes) is 40. The van der Waals surface area contributed by atoms with Gasteiger partial charge in [0.25, 0.3) is 0 Å². The molecule has 0 rings (SSSR count). The summed E-state index contributed by atoms with van der Waals surface area (Å²) >= 11 is 0. The van der Waals surface area contributed by atoms with Crippen LogP contribution in [0.1, 0.15) is 369 Å². The number of ether oxygens (including phenoxy) is 4. The van der Waals surface area contributed by atoms with Gasteiger partial charge in [-0.3, -0.25) is 37.3 Å². The maximum atomic E-state index is 13.0. The van der Waals surface area contributed by atoms with Gasteiger partial charge in [0, 0.05) is 25.7 Å². The second-order valence-corrected chi connectivity index (χ2v) is 29.6. The Hall–Kier alpha value is -1.94. The Kier molecular flexibility index (Phi) is 62.7. The summed E-state index contributed by atoms with van der Waals surface area (Å²) in [6.07, 6.45) is 50.2. The van der Waals surface area contributed by atoms with Crippen LogP contribution in [0.25, 0.3) is 0 Å². The Bertz CT molecular complexity index is 1770. The van der Waals surface area contributed by atoms with Crippen LogP contribution in [0.5, 0.6) is 0 Å². The highest BCUT2D eigenvalue weighted by atomic mass is 31.2. The molecule has 0 spiro atoms. The summed E-state index contributed by atoms with van der Waals surface area (Å²) in [7, 11) is -9.90. The molecule has 0 bridgehead atoms. The number of aliphatic hydroxyl groups excluding tert-OH is 1. The van der Waals surface area contributed by atoms with Gasteiger partial charge in [-0.1, -0.05) is 318 Å². The van der Waals surface area contributed by atoms with Gasteiger partial charge >= 0.3 is 39.5 Å². The smallest absolute Gasteiger partial charge is 0.462 e. The summed E-state index contributed by atoms with van der Waals surface area (Å²) in [6.45, 7) is 9.47. The second kappa shape index (κ2) is 64.1. The zero-order valence-corrected chi connectivity index (χ0v) is 60.9. The number of hydrogen-bond acceptors (Lipinski definition) is 15. The molecule has 0 saturated heterocycles. The van der Waals surface area contributed by atoms with Crippen molar-refractivity contribution in [2.75, 3.05) is 39.6 Å². The Morgan fingerprint density at radius 1 is 0.319 bits per heavy atom. The normalized spacial score (nSPS) is 14.4. The molecule has 0 aliphatic heterocycles. The summed E-state index contributed by atoms with van der Waals surface area (Å²) in [4.78, 5) is 72.5. The average molecular weight is 1340 g/mol. The molecular formula is C72H140O17P2. The van der Waals surface area contributed by atoms with E-state index < -0.39 is 97.5 Å². The fourth-order valence-corrected chi connectivity index (χ4v) is 12.5. The molecule has 17 nitrogen and oxygen atoms in total. The van der Waals surface area contributed by atoms with Crippen LogP contribution in [0.4, 0.5) is 0 Å². The van der Waals surface area contributed by atoms with Crippen LogP contribution in [0.15, 0.2) is 0 Å². The Labute approximate surface area is 556 Å². The van der Waals surface area contributed by atoms with Crippen molar-refractivity contribution in [1.82, 2.24) is 0 Å². The molecule has 91 heavy (non-hydrogen) atoms. The third-order valence-corrected chi connectivity index (χ3v) is 19.0. The van der Waals surface area contributed by atoms with Crippen LogP contribution in [-0.4, -0.2) is 96.7 Å². The number of rotatable bonds is 71. The van der Waals surface area contributed by atoms with Crippen molar-refractivity contribution in [3.63, 3.8) is 0 Å². The van der Waals surface area contributed by atoms with Gasteiger partial charge in [0.2, 0.25) is 0 Å². The first kappa shape index (κ1) is 89.1. The molecule has 0 amide bonds. The highest BCUT2D eigenvalue weighted by Gasteiger charge is 2.30. The standard InChI is InChI=1S/C72H140O17P2/c1-7-10-12-14-16-18-20-21-22-23-24-25-26-27-28-29-31-37-45-51-57-72(77)88-67(60-82-69(74)54-48-42-35-33-32-34-41-47-53-65(6)9-3)62-86-90(78,79)84-58-66(73)59-85-91(80,81)87-63-68(61-83-70(75)55-49-43-39-38-40-46-52-64(4)5)89-71(76)56-50-44-36-30-19-17-15-13-11-8-2/h64-68,73H,7-63H2,1-6H3,(H,78,79)(H,80,81)/t65?,66-,67-,68-/m1/s1. The predicted octanol–water partition coefficient (Wildman–Crippen LogP) is 20.8. The number of hydrogen-bond donors (Lipinski definition) is 3. The van der Waals surface area contributed by atoms with Crippen LogP contribution in [-0.2, 0) is 65.4 Å². The van der Waals surface area contributed by atoms with E-state index in [1.807, 2.05) is 0 Å². The lowest BCUT2D eigenvalue weighted by molar-refractivity contribution is -0.161. The van der Waals surface area contributed by atoms with E-state index in [9.17, 15) is 43.2 Å². The highest BCUT2D eigenvalue weighted by Crippen LogP contribution is 2.45. The van der Waals surface area contributed by atoms with Gasteiger partial charge in [-0.2, -0.15) is 0 Å². The molecule has 0 aromatic carbocycles. The van der Waals surface area contributed by atoms with Gasteiger partial charge in [-0.15, -0.1) is 0 Å². The molecule has 0 fully saturated rings. The lowest BCUT2D eigenvalue weighted by Crippen LogP contribution is -2.30. The minimum atomic E-state index is -4.95. The molecule has 0 aliphatic rings. The molecule has 0 aromatic rings. The number of aliphatic hydroxyl groups is 1. The SMILES string of the molecule is CCCCCCCCCCCCCCCCCCCCCCC(=O)O[C@H](COC(=O)CCCCCCCCCCC(C)CC)COP(=O)(O)OC[C@@H](O)COP(=O)(O)OC[C@@H](COC(=O)CCCCCCCCC(C)C)OC(=O)CCCCCCCCCCCC. The fraction of sp³-hybridized carbons (Fsp3) is 0.944. The molecule has 0 saturated carbocycles. The Morgan fingerprint density at radius 2 is 0.560 bits per heavy atom.